The molecule has 12 heteroatoms. The highest BCUT2D eigenvalue weighted by Crippen LogP contribution is 2.40. The number of hydrogen-bond donors (Lipinski definition) is 2. The van der Waals surface area contributed by atoms with E-state index in [0.717, 1.165) is 5.56 Å². The molecule has 0 spiro atoms. The van der Waals surface area contributed by atoms with Gasteiger partial charge >= 0.3 is 18.4 Å². The van der Waals surface area contributed by atoms with Crippen LogP contribution in [0.15, 0.2) is 48.5 Å². The minimum atomic E-state index is -5.05. The number of carbonyl (C=O) groups excluding carboxylic acids is 2. The Morgan fingerprint density at radius 2 is 1.49 bits per heavy atom. The second kappa shape index (κ2) is 11.4. The van der Waals surface area contributed by atoms with E-state index in [1.807, 2.05) is 12.1 Å². The summed E-state index contributed by atoms with van der Waals surface area (Å²) in [5.74, 6) is -1.05. The van der Waals surface area contributed by atoms with Crippen molar-refractivity contribution >= 4 is 11.9 Å². The van der Waals surface area contributed by atoms with Gasteiger partial charge < -0.3 is 20.2 Å². The first-order valence-corrected chi connectivity index (χ1v) is 12.3. The van der Waals surface area contributed by atoms with E-state index in [0.29, 0.717) is 18.6 Å². The van der Waals surface area contributed by atoms with Gasteiger partial charge in [0.25, 0.3) is 0 Å². The van der Waals surface area contributed by atoms with Crippen molar-refractivity contribution < 1.29 is 41.0 Å². The lowest BCUT2D eigenvalue weighted by Crippen LogP contribution is -2.49. The molecule has 0 bridgehead atoms. The highest BCUT2D eigenvalue weighted by Gasteiger charge is 2.45. The molecule has 1 saturated heterocycles. The Hall–Kier alpha value is -3.28. The second-order valence-corrected chi connectivity index (χ2v) is 10.1. The lowest BCUT2D eigenvalue weighted by atomic mass is 9.80. The molecule has 0 radical (unpaired) electrons. The summed E-state index contributed by atoms with van der Waals surface area (Å²) in [6, 6.07) is 9.23. The topological polar surface area (TPSA) is 72.9 Å². The predicted molar refractivity (Wildman–Crippen MR) is 132 cm³/mol. The summed E-state index contributed by atoms with van der Waals surface area (Å²) < 4.78 is 80.9. The molecule has 2 N–H and O–H groups in total. The molecule has 0 aromatic heterocycles. The van der Waals surface area contributed by atoms with Gasteiger partial charge in [0.2, 0.25) is 5.91 Å². The SMILES string of the molecule is CN(C(=O)C(C)(C)c1cc(C(F)(F)F)cc(C(F)(F)F)c1)C1CN(C(=O)NCCCO)CC1c1ccccc1. The number of nitrogens with one attached hydrogen (secondary N) is 1. The van der Waals surface area contributed by atoms with Crippen molar-refractivity contribution in [2.75, 3.05) is 33.3 Å². The Labute approximate surface area is 222 Å². The fourth-order valence-electron chi connectivity index (χ4n) is 4.79. The lowest BCUT2D eigenvalue weighted by molar-refractivity contribution is -0.144. The van der Waals surface area contributed by atoms with Crippen LogP contribution in [0.1, 0.15) is 48.4 Å². The molecule has 214 valence electrons. The van der Waals surface area contributed by atoms with Crippen LogP contribution in [0.3, 0.4) is 0 Å². The van der Waals surface area contributed by atoms with Crippen LogP contribution in [-0.4, -0.2) is 66.2 Å². The molecule has 39 heavy (non-hydrogen) atoms. The number of amides is 3. The van der Waals surface area contributed by atoms with E-state index in [1.54, 1.807) is 18.2 Å². The number of hydrogen-bond acceptors (Lipinski definition) is 3. The molecular weight excluding hydrogens is 528 g/mol. The third-order valence-corrected chi connectivity index (χ3v) is 7.08. The van der Waals surface area contributed by atoms with Crippen LogP contribution in [0, 0.1) is 0 Å². The number of alkyl halides is 6. The van der Waals surface area contributed by atoms with Crippen LogP contribution in [0.4, 0.5) is 31.1 Å². The van der Waals surface area contributed by atoms with Crippen molar-refractivity contribution in [3.05, 3.63) is 70.8 Å². The third-order valence-electron chi connectivity index (χ3n) is 7.08. The first-order valence-electron chi connectivity index (χ1n) is 12.3. The molecule has 2 atom stereocenters. The molecule has 3 rings (SSSR count). The number of likely N-dealkylation sites (N-methyl/N-ethyl adjacent to an activating group) is 1. The van der Waals surface area contributed by atoms with Gasteiger partial charge in [-0.25, -0.2) is 4.79 Å². The average molecular weight is 560 g/mol. The van der Waals surface area contributed by atoms with Gasteiger partial charge in [0.15, 0.2) is 0 Å². The van der Waals surface area contributed by atoms with E-state index in [1.165, 1.54) is 30.7 Å². The second-order valence-electron chi connectivity index (χ2n) is 10.1. The molecule has 1 fully saturated rings. The Kier molecular flexibility index (Phi) is 8.88. The van der Waals surface area contributed by atoms with Crippen molar-refractivity contribution in [2.45, 2.75) is 50.0 Å². The fraction of sp³-hybridized carbons (Fsp3) is 0.481. The Balaban J connectivity index is 1.96. The number of aliphatic hydroxyl groups is 1. The smallest absolute Gasteiger partial charge is 0.396 e. The van der Waals surface area contributed by atoms with E-state index >= 15 is 0 Å². The summed E-state index contributed by atoms with van der Waals surface area (Å²) in [6.07, 6.45) is -9.74. The predicted octanol–water partition coefficient (Wildman–Crippen LogP) is 5.02. The van der Waals surface area contributed by atoms with Gasteiger partial charge in [-0.05, 0) is 49.6 Å². The Morgan fingerprint density at radius 3 is 2.00 bits per heavy atom. The van der Waals surface area contributed by atoms with E-state index in [9.17, 15) is 35.9 Å². The molecule has 2 unspecified atom stereocenters. The van der Waals surface area contributed by atoms with Crippen molar-refractivity contribution in [3.8, 4) is 0 Å². The van der Waals surface area contributed by atoms with Gasteiger partial charge in [-0.15, -0.1) is 0 Å². The standard InChI is InChI=1S/C27H31F6N3O3/c1-25(2,18-12-19(26(28,29)30)14-20(13-18)27(31,32)33)23(38)35(3)22-16-36(24(39)34-10-7-11-37)15-21(22)17-8-5-4-6-9-17/h4-6,8-9,12-14,21-22,37H,7,10-11,15-16H2,1-3H3,(H,34,39). The Bertz CT molecular complexity index is 1140. The maximum Gasteiger partial charge on any atom is 0.416 e. The van der Waals surface area contributed by atoms with Crippen LogP contribution >= 0.6 is 0 Å². The number of halogens is 6. The molecule has 1 heterocycles. The van der Waals surface area contributed by atoms with Gasteiger partial charge in [0.1, 0.15) is 0 Å². The van der Waals surface area contributed by atoms with Crippen LogP contribution in [0.25, 0.3) is 0 Å². The zero-order valence-electron chi connectivity index (χ0n) is 21.7. The molecule has 2 aromatic carbocycles. The summed E-state index contributed by atoms with van der Waals surface area (Å²) in [4.78, 5) is 29.3. The number of rotatable bonds is 7. The molecule has 1 aliphatic rings. The number of benzene rings is 2. The van der Waals surface area contributed by atoms with Crippen molar-refractivity contribution in [1.29, 1.82) is 0 Å². The monoisotopic (exact) mass is 559 g/mol. The minimum Gasteiger partial charge on any atom is -0.396 e. The van der Waals surface area contributed by atoms with Crippen LogP contribution in [0.5, 0.6) is 0 Å². The van der Waals surface area contributed by atoms with Crippen LogP contribution in [-0.2, 0) is 22.6 Å². The van der Waals surface area contributed by atoms with E-state index in [2.05, 4.69) is 5.32 Å². The molecule has 2 aromatic rings. The van der Waals surface area contributed by atoms with Gasteiger partial charge in [0, 0.05) is 39.2 Å². The van der Waals surface area contributed by atoms with Gasteiger partial charge in [-0.2, -0.15) is 26.3 Å². The number of nitrogens with zero attached hydrogens (tertiary/aromatic N) is 2. The van der Waals surface area contributed by atoms with Crippen LogP contribution in [0.2, 0.25) is 0 Å². The van der Waals surface area contributed by atoms with Crippen molar-refractivity contribution in [3.63, 3.8) is 0 Å². The van der Waals surface area contributed by atoms with Gasteiger partial charge in [-0.3, -0.25) is 4.79 Å². The summed E-state index contributed by atoms with van der Waals surface area (Å²) in [5.41, 5.74) is -4.35. The van der Waals surface area contributed by atoms with E-state index in [4.69, 9.17) is 5.11 Å². The van der Waals surface area contributed by atoms with Crippen LogP contribution < -0.4 is 5.32 Å². The molecule has 3 amide bonds. The minimum absolute atomic E-state index is 0.0312. The molecular formula is C27H31F6N3O3. The fourth-order valence-corrected chi connectivity index (χ4v) is 4.79. The Morgan fingerprint density at radius 1 is 0.949 bits per heavy atom. The maximum atomic E-state index is 13.8. The number of aliphatic hydroxyl groups excluding tert-OH is 1. The van der Waals surface area contributed by atoms with Gasteiger partial charge in [-0.1, -0.05) is 30.3 Å². The molecule has 6 nitrogen and oxygen atoms in total. The highest BCUT2D eigenvalue weighted by molar-refractivity contribution is 5.88. The van der Waals surface area contributed by atoms with E-state index in [-0.39, 0.29) is 38.2 Å². The third kappa shape index (κ3) is 6.84. The summed E-state index contributed by atoms with van der Waals surface area (Å²) in [5, 5.41) is 11.7. The zero-order valence-corrected chi connectivity index (χ0v) is 21.7. The lowest BCUT2D eigenvalue weighted by Gasteiger charge is -2.36. The quantitative estimate of drug-likeness (QED) is 0.370. The molecule has 0 aliphatic carbocycles. The number of likely N-dealkylation sites (tertiary alicyclic amines) is 1. The average Bonchev–Trinajstić information content (AvgIpc) is 3.33. The number of carbonyl (C=O) groups is 2. The molecule has 1 aliphatic heterocycles. The van der Waals surface area contributed by atoms with Crippen molar-refractivity contribution in [2.24, 2.45) is 0 Å². The largest absolute Gasteiger partial charge is 0.416 e. The van der Waals surface area contributed by atoms with Crippen molar-refractivity contribution in [1.82, 2.24) is 15.1 Å². The highest BCUT2D eigenvalue weighted by atomic mass is 19.4. The zero-order chi connectivity index (χ0) is 29.2. The first kappa shape index (κ1) is 30.3. The first-order chi connectivity index (χ1) is 18.1. The summed E-state index contributed by atoms with van der Waals surface area (Å²) in [6.45, 7) is 3.04. The normalized spacial score (nSPS) is 18.3. The maximum absolute atomic E-state index is 13.8. The summed E-state index contributed by atoms with van der Waals surface area (Å²) in [7, 11) is 1.44. The van der Waals surface area contributed by atoms with E-state index < -0.39 is 52.4 Å². The summed E-state index contributed by atoms with van der Waals surface area (Å²) >= 11 is 0. The number of urea groups is 1. The van der Waals surface area contributed by atoms with Gasteiger partial charge in [0.05, 0.1) is 22.6 Å². The molecule has 0 saturated carbocycles.